The number of nitrogens with one attached hydrogen (secondary N) is 3. The van der Waals surface area contributed by atoms with E-state index >= 15 is 0 Å². The van der Waals surface area contributed by atoms with Crippen LogP contribution in [0.1, 0.15) is 64.1 Å². The molecular formula is C26H31N5O2. The summed E-state index contributed by atoms with van der Waals surface area (Å²) in [6.45, 7) is 1.16. The minimum atomic E-state index is -0.137. The number of carbonyl (C=O) groups is 2. The van der Waals surface area contributed by atoms with Crippen LogP contribution in [0.5, 0.6) is 0 Å². The summed E-state index contributed by atoms with van der Waals surface area (Å²) in [5.74, 6) is 0.301. The summed E-state index contributed by atoms with van der Waals surface area (Å²) >= 11 is 0. The standard InChI is InChI=1S/C26H31N5O2/c1-29-25(32)19-9-7-18(8-10-19)16-31-22-14-21(24(27)28)12-11-20(22)13-23(31)26(33)30-15-17-5-3-2-4-6-17/h7-14,17H,2-6,15-16H2,1H3,(H3,27,28)(H,29,32)(H,30,33). The van der Waals surface area contributed by atoms with Crippen LogP contribution < -0.4 is 16.4 Å². The Balaban J connectivity index is 1.65. The molecule has 1 aliphatic rings. The number of nitrogen functional groups attached to an aromatic ring is 1. The first-order valence-corrected chi connectivity index (χ1v) is 11.5. The highest BCUT2D eigenvalue weighted by Crippen LogP contribution is 2.25. The lowest BCUT2D eigenvalue weighted by atomic mass is 9.89. The molecule has 0 unspecified atom stereocenters. The van der Waals surface area contributed by atoms with Crippen molar-refractivity contribution in [1.82, 2.24) is 15.2 Å². The topological polar surface area (TPSA) is 113 Å². The first kappa shape index (κ1) is 22.6. The SMILES string of the molecule is CNC(=O)c1ccc(Cn2c(C(=O)NCC3CCCCC3)cc3ccc(C(=N)N)cc32)cc1. The average molecular weight is 446 g/mol. The molecule has 0 bridgehead atoms. The van der Waals surface area contributed by atoms with Crippen LogP contribution in [0.2, 0.25) is 0 Å². The zero-order chi connectivity index (χ0) is 23.4. The van der Waals surface area contributed by atoms with E-state index in [2.05, 4.69) is 10.6 Å². The van der Waals surface area contributed by atoms with Crippen molar-refractivity contribution in [2.75, 3.05) is 13.6 Å². The number of carbonyl (C=O) groups excluding carboxylic acids is 2. The second-order valence-electron chi connectivity index (χ2n) is 8.79. The Morgan fingerprint density at radius 2 is 1.70 bits per heavy atom. The fourth-order valence-corrected chi connectivity index (χ4v) is 4.59. The number of amidine groups is 1. The highest BCUT2D eigenvalue weighted by Gasteiger charge is 2.19. The minimum absolute atomic E-state index is 0.0112. The third-order valence-electron chi connectivity index (χ3n) is 6.51. The summed E-state index contributed by atoms with van der Waals surface area (Å²) in [4.78, 5) is 25.1. The van der Waals surface area contributed by atoms with Gasteiger partial charge in [0.05, 0.1) is 0 Å². The summed E-state index contributed by atoms with van der Waals surface area (Å²) in [5.41, 5.74) is 9.32. The van der Waals surface area contributed by atoms with Gasteiger partial charge in [0.2, 0.25) is 0 Å². The number of nitrogens with zero attached hydrogens (tertiary/aromatic N) is 1. The smallest absolute Gasteiger partial charge is 0.267 e. The van der Waals surface area contributed by atoms with E-state index in [-0.39, 0.29) is 17.6 Å². The first-order chi connectivity index (χ1) is 16.0. The van der Waals surface area contributed by atoms with Gasteiger partial charge in [0.25, 0.3) is 11.8 Å². The van der Waals surface area contributed by atoms with Crippen LogP contribution in [0.3, 0.4) is 0 Å². The van der Waals surface area contributed by atoms with Crippen LogP contribution in [-0.2, 0) is 6.54 Å². The third kappa shape index (κ3) is 5.08. The molecule has 1 aliphatic carbocycles. The average Bonchev–Trinajstić information content (AvgIpc) is 3.20. The Hall–Kier alpha value is -3.61. The van der Waals surface area contributed by atoms with Crippen molar-refractivity contribution in [2.24, 2.45) is 11.7 Å². The Morgan fingerprint density at radius 3 is 2.36 bits per heavy atom. The van der Waals surface area contributed by atoms with Gasteiger partial charge in [-0.1, -0.05) is 43.5 Å². The molecule has 3 aromatic rings. The molecule has 2 amide bonds. The largest absolute Gasteiger partial charge is 0.384 e. The first-order valence-electron chi connectivity index (χ1n) is 11.5. The van der Waals surface area contributed by atoms with Crippen molar-refractivity contribution in [3.63, 3.8) is 0 Å². The fourth-order valence-electron chi connectivity index (χ4n) is 4.59. The predicted octanol–water partition coefficient (Wildman–Crippen LogP) is 3.64. The van der Waals surface area contributed by atoms with Gasteiger partial charge < -0.3 is 20.9 Å². The van der Waals surface area contributed by atoms with Gasteiger partial charge in [0.15, 0.2) is 0 Å². The van der Waals surface area contributed by atoms with Crippen molar-refractivity contribution in [3.8, 4) is 0 Å². The van der Waals surface area contributed by atoms with Crippen molar-refractivity contribution < 1.29 is 9.59 Å². The van der Waals surface area contributed by atoms with E-state index in [9.17, 15) is 9.59 Å². The van der Waals surface area contributed by atoms with Gasteiger partial charge >= 0.3 is 0 Å². The Bertz CT molecular complexity index is 1170. The number of amides is 2. The normalized spacial score (nSPS) is 14.2. The van der Waals surface area contributed by atoms with E-state index in [0.29, 0.717) is 35.8 Å². The molecule has 0 atom stereocenters. The van der Waals surface area contributed by atoms with E-state index in [1.165, 1.54) is 32.1 Å². The Morgan fingerprint density at radius 1 is 1.00 bits per heavy atom. The number of aromatic nitrogens is 1. The second-order valence-corrected chi connectivity index (χ2v) is 8.79. The molecular weight excluding hydrogens is 414 g/mol. The Labute approximate surface area is 193 Å². The molecule has 0 radical (unpaired) electrons. The second kappa shape index (κ2) is 9.90. The van der Waals surface area contributed by atoms with E-state index in [4.69, 9.17) is 11.1 Å². The zero-order valence-corrected chi connectivity index (χ0v) is 19.0. The maximum atomic E-state index is 13.2. The molecule has 33 heavy (non-hydrogen) atoms. The highest BCUT2D eigenvalue weighted by molar-refractivity contribution is 6.02. The minimum Gasteiger partial charge on any atom is -0.384 e. The van der Waals surface area contributed by atoms with E-state index < -0.39 is 0 Å². The number of nitrogens with two attached hydrogens (primary N) is 1. The molecule has 1 fully saturated rings. The maximum absolute atomic E-state index is 13.2. The number of rotatable bonds is 7. The molecule has 4 rings (SSSR count). The van der Waals surface area contributed by atoms with Crippen molar-refractivity contribution >= 4 is 28.6 Å². The summed E-state index contributed by atoms with van der Waals surface area (Å²) in [5, 5.41) is 14.5. The van der Waals surface area contributed by atoms with Gasteiger partial charge in [0.1, 0.15) is 11.5 Å². The Kier molecular flexibility index (Phi) is 6.77. The molecule has 0 aliphatic heterocycles. The fraction of sp³-hybridized carbons (Fsp3) is 0.346. The van der Waals surface area contributed by atoms with Crippen LogP contribution in [0, 0.1) is 11.3 Å². The lowest BCUT2D eigenvalue weighted by molar-refractivity contribution is 0.0933. The van der Waals surface area contributed by atoms with E-state index in [0.717, 1.165) is 16.5 Å². The van der Waals surface area contributed by atoms with Gasteiger partial charge in [-0.2, -0.15) is 0 Å². The van der Waals surface area contributed by atoms with E-state index in [1.54, 1.807) is 25.2 Å². The number of fused-ring (bicyclic) bond motifs is 1. The molecule has 2 aromatic carbocycles. The zero-order valence-electron chi connectivity index (χ0n) is 19.0. The number of hydrogen-bond acceptors (Lipinski definition) is 3. The third-order valence-corrected chi connectivity index (χ3v) is 6.51. The van der Waals surface area contributed by atoms with Crippen LogP contribution in [0.15, 0.2) is 48.5 Å². The molecule has 5 N–H and O–H groups in total. The van der Waals surface area contributed by atoms with Crippen LogP contribution in [-0.4, -0.2) is 35.8 Å². The molecule has 172 valence electrons. The molecule has 0 spiro atoms. The van der Waals surface area contributed by atoms with Crippen molar-refractivity contribution in [3.05, 3.63) is 70.9 Å². The summed E-state index contributed by atoms with van der Waals surface area (Å²) in [7, 11) is 1.60. The number of benzene rings is 2. The van der Waals surface area contributed by atoms with Crippen LogP contribution in [0.25, 0.3) is 10.9 Å². The molecule has 1 saturated carbocycles. The molecule has 1 aromatic heterocycles. The molecule has 1 heterocycles. The van der Waals surface area contributed by atoms with Crippen LogP contribution in [0.4, 0.5) is 0 Å². The maximum Gasteiger partial charge on any atom is 0.267 e. The summed E-state index contributed by atoms with van der Waals surface area (Å²) in [6, 6.07) is 14.8. The number of hydrogen-bond donors (Lipinski definition) is 4. The van der Waals surface area contributed by atoms with Crippen molar-refractivity contribution in [1.29, 1.82) is 5.41 Å². The summed E-state index contributed by atoms with van der Waals surface area (Å²) < 4.78 is 1.97. The summed E-state index contributed by atoms with van der Waals surface area (Å²) in [6.07, 6.45) is 6.10. The predicted molar refractivity (Wildman–Crippen MR) is 131 cm³/mol. The van der Waals surface area contributed by atoms with Gasteiger partial charge in [-0.05, 0) is 48.6 Å². The van der Waals surface area contributed by atoms with Crippen molar-refractivity contribution in [2.45, 2.75) is 38.6 Å². The van der Waals surface area contributed by atoms with Gasteiger partial charge in [-0.25, -0.2) is 0 Å². The monoisotopic (exact) mass is 445 g/mol. The highest BCUT2D eigenvalue weighted by atomic mass is 16.2. The quantitative estimate of drug-likeness (QED) is 0.329. The van der Waals surface area contributed by atoms with Crippen LogP contribution >= 0.6 is 0 Å². The molecule has 7 nitrogen and oxygen atoms in total. The van der Waals surface area contributed by atoms with Gasteiger partial charge in [0, 0.05) is 42.2 Å². The van der Waals surface area contributed by atoms with Gasteiger partial charge in [-0.3, -0.25) is 15.0 Å². The molecule has 7 heteroatoms. The molecule has 0 saturated heterocycles. The lowest BCUT2D eigenvalue weighted by Gasteiger charge is -2.22. The van der Waals surface area contributed by atoms with E-state index in [1.807, 2.05) is 34.9 Å². The lowest BCUT2D eigenvalue weighted by Crippen LogP contribution is -2.31. The van der Waals surface area contributed by atoms with Gasteiger partial charge in [-0.15, -0.1) is 0 Å².